The van der Waals surface area contributed by atoms with Gasteiger partial charge in [-0.15, -0.1) is 10.2 Å². The average molecular weight is 359 g/mol. The Morgan fingerprint density at radius 2 is 2.19 bits per heavy atom. The molecule has 0 aliphatic rings. The number of rotatable bonds is 7. The van der Waals surface area contributed by atoms with Crippen molar-refractivity contribution >= 4 is 22.7 Å². The maximum Gasteiger partial charge on any atom is 0.339 e. The summed E-state index contributed by atoms with van der Waals surface area (Å²) in [6, 6.07) is 0. The van der Waals surface area contributed by atoms with E-state index in [0.29, 0.717) is 36.9 Å². The van der Waals surface area contributed by atoms with Gasteiger partial charge in [0.05, 0.1) is 29.9 Å². The smallest absolute Gasteiger partial charge is 0.339 e. The van der Waals surface area contributed by atoms with Gasteiger partial charge in [0.1, 0.15) is 11.9 Å². The van der Waals surface area contributed by atoms with Crippen molar-refractivity contribution in [1.82, 2.24) is 29.5 Å². The molecule has 0 saturated carbocycles. The lowest BCUT2D eigenvalue weighted by Crippen LogP contribution is -2.23. The molecule has 3 heterocycles. The molecule has 0 aromatic carbocycles. The first-order chi connectivity index (χ1) is 12.4. The number of aryl methyl sites for hydroxylation is 2. The molecule has 26 heavy (non-hydrogen) atoms. The van der Waals surface area contributed by atoms with Gasteiger partial charge < -0.3 is 19.3 Å². The van der Waals surface area contributed by atoms with Crippen LogP contribution in [-0.4, -0.2) is 61.4 Å². The number of methoxy groups -OCH3 is 1. The van der Waals surface area contributed by atoms with Crippen LogP contribution in [0.1, 0.15) is 21.9 Å². The third-order valence-corrected chi connectivity index (χ3v) is 4.22. The number of ether oxygens (including phenoxy) is 1. The lowest BCUT2D eigenvalue weighted by Gasteiger charge is -2.22. The van der Waals surface area contributed by atoms with Crippen LogP contribution in [0.3, 0.4) is 0 Å². The first-order valence-electron chi connectivity index (χ1n) is 8.06. The van der Waals surface area contributed by atoms with Crippen molar-refractivity contribution in [2.24, 2.45) is 7.05 Å². The molecule has 138 valence electrons. The molecular weight excluding hydrogens is 338 g/mol. The summed E-state index contributed by atoms with van der Waals surface area (Å²) >= 11 is 0. The van der Waals surface area contributed by atoms with Crippen molar-refractivity contribution in [3.8, 4) is 0 Å². The van der Waals surface area contributed by atoms with Crippen LogP contribution in [0.15, 0.2) is 12.5 Å². The molecule has 0 atom stereocenters. The molecule has 3 aromatic rings. The summed E-state index contributed by atoms with van der Waals surface area (Å²) in [4.78, 5) is 17.9. The number of aromatic nitrogens is 6. The maximum absolute atomic E-state index is 11.8. The van der Waals surface area contributed by atoms with E-state index in [1.54, 1.807) is 25.2 Å². The molecule has 0 unspecified atom stereocenters. The zero-order chi connectivity index (χ0) is 18.8. The number of nitrogens with zero attached hydrogens (tertiary/aromatic N) is 7. The molecule has 0 saturated heterocycles. The van der Waals surface area contributed by atoms with Gasteiger partial charge in [0.2, 0.25) is 0 Å². The monoisotopic (exact) mass is 359 g/mol. The van der Waals surface area contributed by atoms with Crippen molar-refractivity contribution in [2.75, 3.05) is 25.7 Å². The van der Waals surface area contributed by atoms with Gasteiger partial charge in [-0.25, -0.2) is 9.78 Å². The Labute approximate surface area is 150 Å². The molecule has 3 rings (SSSR count). The SMILES string of the molecule is COCCn1cnnc1CN(C)c1c(C(=O)O)cnc2c1c(C)nn2C. The largest absolute Gasteiger partial charge is 0.478 e. The summed E-state index contributed by atoms with van der Waals surface area (Å²) in [5.74, 6) is -0.322. The first kappa shape index (κ1) is 17.8. The van der Waals surface area contributed by atoms with Crippen molar-refractivity contribution in [3.05, 3.63) is 29.6 Å². The summed E-state index contributed by atoms with van der Waals surface area (Å²) < 4.78 is 8.63. The lowest BCUT2D eigenvalue weighted by molar-refractivity contribution is 0.0697. The quantitative estimate of drug-likeness (QED) is 0.661. The summed E-state index contributed by atoms with van der Waals surface area (Å²) in [7, 11) is 5.24. The maximum atomic E-state index is 11.8. The molecule has 10 heteroatoms. The molecule has 10 nitrogen and oxygen atoms in total. The molecule has 0 radical (unpaired) electrons. The number of carboxylic acids is 1. The van der Waals surface area contributed by atoms with Crippen LogP contribution < -0.4 is 4.90 Å². The van der Waals surface area contributed by atoms with E-state index in [4.69, 9.17) is 4.74 Å². The van der Waals surface area contributed by atoms with E-state index in [9.17, 15) is 9.90 Å². The minimum absolute atomic E-state index is 0.124. The molecule has 0 aliphatic carbocycles. The van der Waals surface area contributed by atoms with Crippen molar-refractivity contribution in [2.45, 2.75) is 20.0 Å². The highest BCUT2D eigenvalue weighted by Crippen LogP contribution is 2.31. The molecule has 0 fully saturated rings. The highest BCUT2D eigenvalue weighted by Gasteiger charge is 2.23. The molecule has 0 bridgehead atoms. The van der Waals surface area contributed by atoms with E-state index >= 15 is 0 Å². The second kappa shape index (κ2) is 7.08. The number of anilines is 1. The van der Waals surface area contributed by atoms with Gasteiger partial charge in [0, 0.05) is 33.9 Å². The molecule has 1 N–H and O–H groups in total. The number of fused-ring (bicyclic) bond motifs is 1. The zero-order valence-electron chi connectivity index (χ0n) is 15.2. The number of hydrogen-bond acceptors (Lipinski definition) is 7. The third kappa shape index (κ3) is 3.10. The van der Waals surface area contributed by atoms with Gasteiger partial charge in [-0.3, -0.25) is 4.68 Å². The second-order valence-electron chi connectivity index (χ2n) is 6.02. The highest BCUT2D eigenvalue weighted by molar-refractivity contribution is 6.04. The van der Waals surface area contributed by atoms with Gasteiger partial charge in [-0.05, 0) is 6.92 Å². The minimum atomic E-state index is -1.04. The standard InChI is InChI=1S/C16H21N7O3/c1-10-13-14(11(16(24)25)7-17-15(13)22(3)20-10)21(2)8-12-19-18-9-23(12)5-6-26-4/h7,9H,5-6,8H2,1-4H3,(H,24,25). The number of aromatic carboxylic acids is 1. The highest BCUT2D eigenvalue weighted by atomic mass is 16.5. The van der Waals surface area contributed by atoms with Crippen molar-refractivity contribution < 1.29 is 14.6 Å². The average Bonchev–Trinajstić information content (AvgIpc) is 3.16. The zero-order valence-corrected chi connectivity index (χ0v) is 15.2. The van der Waals surface area contributed by atoms with Crippen LogP contribution >= 0.6 is 0 Å². The van der Waals surface area contributed by atoms with Gasteiger partial charge in [-0.1, -0.05) is 0 Å². The van der Waals surface area contributed by atoms with E-state index in [2.05, 4.69) is 20.3 Å². The van der Waals surface area contributed by atoms with E-state index in [-0.39, 0.29) is 5.56 Å². The van der Waals surface area contributed by atoms with Crippen molar-refractivity contribution in [1.29, 1.82) is 0 Å². The summed E-state index contributed by atoms with van der Waals surface area (Å²) in [5, 5.41) is 22.8. The van der Waals surface area contributed by atoms with Crippen LogP contribution in [0.4, 0.5) is 5.69 Å². The van der Waals surface area contributed by atoms with E-state index in [1.807, 2.05) is 23.4 Å². The second-order valence-corrected chi connectivity index (χ2v) is 6.02. The van der Waals surface area contributed by atoms with Gasteiger partial charge in [-0.2, -0.15) is 5.10 Å². The number of hydrogen-bond donors (Lipinski definition) is 1. The van der Waals surface area contributed by atoms with Gasteiger partial charge >= 0.3 is 5.97 Å². The van der Waals surface area contributed by atoms with E-state index < -0.39 is 5.97 Å². The minimum Gasteiger partial charge on any atom is -0.478 e. The van der Waals surface area contributed by atoms with Crippen molar-refractivity contribution in [3.63, 3.8) is 0 Å². The lowest BCUT2D eigenvalue weighted by atomic mass is 10.1. The van der Waals surface area contributed by atoms with Crippen LogP contribution in [0.5, 0.6) is 0 Å². The van der Waals surface area contributed by atoms with Gasteiger partial charge in [0.25, 0.3) is 0 Å². The summed E-state index contributed by atoms with van der Waals surface area (Å²) in [6.07, 6.45) is 3.00. The fourth-order valence-electron chi connectivity index (χ4n) is 3.01. The third-order valence-electron chi connectivity index (χ3n) is 4.22. The fraction of sp³-hybridized carbons (Fsp3) is 0.438. The Morgan fingerprint density at radius 1 is 1.42 bits per heavy atom. The van der Waals surface area contributed by atoms with Crippen LogP contribution in [0, 0.1) is 6.92 Å². The molecule has 0 amide bonds. The molecule has 3 aromatic heterocycles. The predicted octanol–water partition coefficient (Wildman–Crippen LogP) is 0.849. The number of pyridine rings is 1. The number of carboxylic acid groups (broad SMARTS) is 1. The Bertz CT molecular complexity index is 947. The summed E-state index contributed by atoms with van der Waals surface area (Å²) in [6.45, 7) is 3.39. The van der Waals surface area contributed by atoms with E-state index in [0.717, 1.165) is 11.1 Å². The van der Waals surface area contributed by atoms with Crippen LogP contribution in [0.2, 0.25) is 0 Å². The van der Waals surface area contributed by atoms with Gasteiger partial charge in [0.15, 0.2) is 11.5 Å². The Balaban J connectivity index is 2.05. The Kier molecular flexibility index (Phi) is 4.85. The fourth-order valence-corrected chi connectivity index (χ4v) is 3.01. The van der Waals surface area contributed by atoms with Crippen LogP contribution in [0.25, 0.3) is 11.0 Å². The summed E-state index contributed by atoms with van der Waals surface area (Å²) in [5.41, 5.74) is 2.05. The normalized spacial score (nSPS) is 11.2. The first-order valence-corrected chi connectivity index (χ1v) is 8.06. The predicted molar refractivity (Wildman–Crippen MR) is 94.2 cm³/mol. The molecule has 0 aliphatic heterocycles. The number of carbonyl (C=O) groups is 1. The van der Waals surface area contributed by atoms with E-state index in [1.165, 1.54) is 6.20 Å². The Morgan fingerprint density at radius 3 is 2.88 bits per heavy atom. The topological polar surface area (TPSA) is 111 Å². The molecular formula is C16H21N7O3. The Hall–Kier alpha value is -3.01. The van der Waals surface area contributed by atoms with Crippen LogP contribution in [-0.2, 0) is 24.9 Å². The molecule has 0 spiro atoms.